The van der Waals surface area contributed by atoms with E-state index in [1.807, 2.05) is 0 Å². The highest BCUT2D eigenvalue weighted by Gasteiger charge is 2.30. The maximum absolute atomic E-state index is 12.0. The average Bonchev–Trinajstić information content (AvgIpc) is 2.52. The smallest absolute Gasteiger partial charge is 0.250 e. The molecule has 1 aliphatic rings. The molecule has 0 saturated heterocycles. The van der Waals surface area contributed by atoms with Gasteiger partial charge in [0.05, 0.1) is 11.3 Å². The van der Waals surface area contributed by atoms with Crippen molar-refractivity contribution in [3.8, 4) is 11.1 Å². The molecule has 0 aromatic heterocycles. The molecule has 0 unspecified atom stereocenters. The topological polar surface area (TPSA) is 46.2 Å². The van der Waals surface area contributed by atoms with Crippen molar-refractivity contribution in [2.24, 2.45) is 11.8 Å². The zero-order valence-corrected chi connectivity index (χ0v) is 13.6. The highest BCUT2D eigenvalue weighted by molar-refractivity contribution is 6.30. The van der Waals surface area contributed by atoms with Crippen LogP contribution in [0.15, 0.2) is 33.9 Å². The van der Waals surface area contributed by atoms with Gasteiger partial charge >= 0.3 is 0 Å². The summed E-state index contributed by atoms with van der Waals surface area (Å²) in [6.45, 7) is 4.47. The van der Waals surface area contributed by atoms with Gasteiger partial charge in [-0.05, 0) is 36.0 Å². The van der Waals surface area contributed by atoms with Gasteiger partial charge < -0.3 is 5.32 Å². The summed E-state index contributed by atoms with van der Waals surface area (Å²) in [6.07, 6.45) is 3.44. The Morgan fingerprint density at radius 3 is 2.41 bits per heavy atom. The average molecular weight is 318 g/mol. The lowest BCUT2D eigenvalue weighted by Gasteiger charge is -2.35. The van der Waals surface area contributed by atoms with Gasteiger partial charge in [0.1, 0.15) is 0 Å². The summed E-state index contributed by atoms with van der Waals surface area (Å²) in [5.41, 5.74) is 0.954. The quantitative estimate of drug-likeness (QED) is 0.875. The maximum atomic E-state index is 12.0. The van der Waals surface area contributed by atoms with Crippen molar-refractivity contribution < 1.29 is 0 Å². The lowest BCUT2D eigenvalue weighted by molar-refractivity contribution is 0.253. The molecular weight excluding hydrogens is 298 g/mol. The van der Waals surface area contributed by atoms with Gasteiger partial charge in [0.15, 0.2) is 0 Å². The van der Waals surface area contributed by atoms with Crippen molar-refractivity contribution >= 4 is 17.3 Å². The minimum Gasteiger partial charge on any atom is -0.378 e. The van der Waals surface area contributed by atoms with E-state index < -0.39 is 10.9 Å². The van der Waals surface area contributed by atoms with E-state index in [0.29, 0.717) is 28.1 Å². The summed E-state index contributed by atoms with van der Waals surface area (Å²) in [5, 5.41) is 3.97. The van der Waals surface area contributed by atoms with Crippen molar-refractivity contribution in [3.05, 3.63) is 49.7 Å². The number of anilines is 1. The molecule has 116 valence electrons. The third-order valence-electron chi connectivity index (χ3n) is 5.08. The van der Waals surface area contributed by atoms with E-state index in [4.69, 9.17) is 11.6 Å². The zero-order chi connectivity index (χ0) is 15.9. The van der Waals surface area contributed by atoms with Gasteiger partial charge in [0.2, 0.25) is 10.9 Å². The van der Waals surface area contributed by atoms with Crippen LogP contribution in [0.25, 0.3) is 11.1 Å². The van der Waals surface area contributed by atoms with E-state index in [0.717, 1.165) is 18.4 Å². The third kappa shape index (κ3) is 2.58. The second-order valence-electron chi connectivity index (χ2n) is 6.43. The van der Waals surface area contributed by atoms with Crippen LogP contribution in [0.2, 0.25) is 5.02 Å². The van der Waals surface area contributed by atoms with E-state index in [2.05, 4.69) is 19.2 Å². The van der Waals surface area contributed by atoms with Crippen molar-refractivity contribution in [3.63, 3.8) is 0 Å². The van der Waals surface area contributed by atoms with Crippen LogP contribution in [0.4, 0.5) is 5.69 Å². The minimum atomic E-state index is -0.402. The first-order chi connectivity index (χ1) is 10.5. The maximum Gasteiger partial charge on any atom is 0.250 e. The van der Waals surface area contributed by atoms with Crippen LogP contribution in [-0.2, 0) is 0 Å². The molecule has 0 heterocycles. The first-order valence-electron chi connectivity index (χ1n) is 7.85. The molecule has 0 amide bonds. The van der Waals surface area contributed by atoms with E-state index in [1.165, 1.54) is 6.42 Å². The van der Waals surface area contributed by atoms with Crippen LogP contribution in [0.5, 0.6) is 0 Å². The van der Waals surface area contributed by atoms with Gasteiger partial charge in [-0.15, -0.1) is 0 Å². The molecule has 0 spiro atoms. The fourth-order valence-corrected chi connectivity index (χ4v) is 3.52. The van der Waals surface area contributed by atoms with Crippen LogP contribution in [0.3, 0.4) is 0 Å². The predicted octanol–water partition coefficient (Wildman–Crippen LogP) is 3.84. The molecule has 2 aromatic rings. The summed E-state index contributed by atoms with van der Waals surface area (Å²) in [5.74, 6) is 1.13. The van der Waals surface area contributed by atoms with Crippen LogP contribution >= 0.6 is 11.6 Å². The molecule has 1 N–H and O–H groups in total. The minimum absolute atomic E-state index is 0.262. The Kier molecular flexibility index (Phi) is 4.09. The first-order valence-corrected chi connectivity index (χ1v) is 8.22. The second kappa shape index (κ2) is 5.88. The zero-order valence-electron chi connectivity index (χ0n) is 12.9. The van der Waals surface area contributed by atoms with Gasteiger partial charge in [-0.3, -0.25) is 9.59 Å². The Bertz CT molecular complexity index is 743. The Labute approximate surface area is 135 Å². The highest BCUT2D eigenvalue weighted by atomic mass is 35.5. The molecule has 1 fully saturated rings. The van der Waals surface area contributed by atoms with Crippen LogP contribution in [-0.4, -0.2) is 6.04 Å². The summed E-state index contributed by atoms with van der Waals surface area (Å²) in [7, 11) is 0. The second-order valence-corrected chi connectivity index (χ2v) is 6.87. The Morgan fingerprint density at radius 1 is 1.05 bits per heavy atom. The Balaban J connectivity index is 1.89. The van der Waals surface area contributed by atoms with Gasteiger partial charge in [-0.1, -0.05) is 50.4 Å². The largest absolute Gasteiger partial charge is 0.378 e. The lowest BCUT2D eigenvalue weighted by atomic mass is 9.77. The molecule has 22 heavy (non-hydrogen) atoms. The fourth-order valence-electron chi connectivity index (χ4n) is 3.39. The summed E-state index contributed by atoms with van der Waals surface area (Å²) < 4.78 is 0. The van der Waals surface area contributed by atoms with Gasteiger partial charge in [0, 0.05) is 11.1 Å². The van der Waals surface area contributed by atoms with Crippen molar-refractivity contribution in [1.82, 2.24) is 0 Å². The van der Waals surface area contributed by atoms with Gasteiger partial charge in [-0.2, -0.15) is 0 Å². The number of hydrogen-bond acceptors (Lipinski definition) is 3. The standard InChI is InChI=1S/C18H20ClNO2/c1-10-4-3-5-14(11(10)2)20-16-15(17(21)18(16)22)12-6-8-13(19)9-7-12/h6-11,14,20H,3-5H2,1-2H3/t10-,11+,14-/m1/s1. The van der Waals surface area contributed by atoms with Gasteiger partial charge in [0.25, 0.3) is 0 Å². The van der Waals surface area contributed by atoms with E-state index >= 15 is 0 Å². The SMILES string of the molecule is C[C@H]1[C@H](C)CCC[C@H]1Nc1c(-c2ccc(Cl)cc2)c(=O)c1=O. The normalized spacial score (nSPS) is 25.3. The van der Waals surface area contributed by atoms with Crippen LogP contribution < -0.4 is 16.2 Å². The number of benzene rings is 1. The molecular formula is C18H20ClNO2. The number of hydrogen-bond donors (Lipinski definition) is 1. The molecule has 3 nitrogen and oxygen atoms in total. The lowest BCUT2D eigenvalue weighted by Crippen LogP contribution is -2.42. The van der Waals surface area contributed by atoms with Crippen molar-refractivity contribution in [1.29, 1.82) is 0 Å². The molecule has 1 saturated carbocycles. The van der Waals surface area contributed by atoms with Crippen LogP contribution in [0, 0.1) is 11.8 Å². The molecule has 3 rings (SSSR count). The van der Waals surface area contributed by atoms with Crippen molar-refractivity contribution in [2.45, 2.75) is 39.2 Å². The summed E-state index contributed by atoms with van der Waals surface area (Å²) >= 11 is 5.89. The summed E-state index contributed by atoms with van der Waals surface area (Å²) in [6, 6.07) is 7.32. The number of nitrogens with one attached hydrogen (secondary N) is 1. The Morgan fingerprint density at radius 2 is 1.73 bits per heavy atom. The van der Waals surface area contributed by atoms with E-state index in [9.17, 15) is 9.59 Å². The van der Waals surface area contributed by atoms with Crippen LogP contribution in [0.1, 0.15) is 33.1 Å². The molecule has 0 bridgehead atoms. The monoisotopic (exact) mass is 317 g/mol. The predicted molar refractivity (Wildman–Crippen MR) is 91.4 cm³/mol. The molecule has 2 aromatic carbocycles. The molecule has 0 aliphatic heterocycles. The highest BCUT2D eigenvalue weighted by Crippen LogP contribution is 2.33. The molecule has 0 radical (unpaired) electrons. The number of halogens is 1. The molecule has 3 atom stereocenters. The summed E-state index contributed by atoms with van der Waals surface area (Å²) in [4.78, 5) is 23.9. The van der Waals surface area contributed by atoms with E-state index in [-0.39, 0.29) is 6.04 Å². The Hall–Kier alpha value is -1.61. The number of rotatable bonds is 3. The fraction of sp³-hybridized carbons (Fsp3) is 0.444. The molecule has 4 heteroatoms. The van der Waals surface area contributed by atoms with E-state index in [1.54, 1.807) is 24.3 Å². The molecule has 1 aliphatic carbocycles. The van der Waals surface area contributed by atoms with Crippen molar-refractivity contribution in [2.75, 3.05) is 5.32 Å². The van der Waals surface area contributed by atoms with Gasteiger partial charge in [-0.25, -0.2) is 0 Å². The first kappa shape index (κ1) is 15.3. The third-order valence-corrected chi connectivity index (χ3v) is 5.33.